The van der Waals surface area contributed by atoms with Crippen molar-refractivity contribution in [1.82, 2.24) is 0 Å². The van der Waals surface area contributed by atoms with E-state index < -0.39 is 0 Å². The van der Waals surface area contributed by atoms with Gasteiger partial charge in [-0.25, -0.2) is 0 Å². The molecule has 2 aromatic rings. The number of halogens is 1. The van der Waals surface area contributed by atoms with Gasteiger partial charge in [0.15, 0.2) is 0 Å². The van der Waals surface area contributed by atoms with Crippen LogP contribution in [-0.4, -0.2) is 11.7 Å². The molecule has 0 saturated carbocycles. The molecule has 1 aromatic heterocycles. The molecular formula is C14H15ClOS. The van der Waals surface area contributed by atoms with E-state index in [9.17, 15) is 5.11 Å². The van der Waals surface area contributed by atoms with E-state index in [-0.39, 0.29) is 12.5 Å². The summed E-state index contributed by atoms with van der Waals surface area (Å²) in [5.41, 5.74) is 2.49. The Balaban J connectivity index is 2.00. The normalized spacial score (nSPS) is 12.6. The van der Waals surface area contributed by atoms with Crippen molar-refractivity contribution < 1.29 is 5.11 Å². The van der Waals surface area contributed by atoms with E-state index in [0.29, 0.717) is 0 Å². The first-order valence-corrected chi connectivity index (χ1v) is 6.96. The lowest BCUT2D eigenvalue weighted by Crippen LogP contribution is -2.12. The lowest BCUT2D eigenvalue weighted by Gasteiger charge is -2.13. The van der Waals surface area contributed by atoms with Crippen LogP contribution in [-0.2, 0) is 12.8 Å². The Morgan fingerprint density at radius 1 is 1.18 bits per heavy atom. The Morgan fingerprint density at radius 3 is 2.65 bits per heavy atom. The average molecular weight is 267 g/mol. The maximum atomic E-state index is 9.43. The van der Waals surface area contributed by atoms with Gasteiger partial charge in [0.05, 0.1) is 0 Å². The molecule has 3 heteroatoms. The highest BCUT2D eigenvalue weighted by molar-refractivity contribution is 7.07. The van der Waals surface area contributed by atoms with E-state index in [4.69, 9.17) is 11.6 Å². The fraction of sp³-hybridized carbons (Fsp3) is 0.286. The molecule has 0 amide bonds. The molecule has 1 N–H and O–H groups in total. The number of benzene rings is 1. The van der Waals surface area contributed by atoms with Crippen LogP contribution in [0.1, 0.15) is 11.1 Å². The highest BCUT2D eigenvalue weighted by atomic mass is 35.5. The monoisotopic (exact) mass is 266 g/mol. The SMILES string of the molecule is OCC(Cc1ccsc1)Cc1cccc(Cl)c1. The third-order valence-electron chi connectivity index (χ3n) is 2.78. The van der Waals surface area contributed by atoms with Crippen molar-refractivity contribution in [3.05, 3.63) is 57.2 Å². The summed E-state index contributed by atoms with van der Waals surface area (Å²) in [6.07, 6.45) is 1.79. The fourth-order valence-electron chi connectivity index (χ4n) is 1.94. The van der Waals surface area contributed by atoms with E-state index in [1.54, 1.807) is 11.3 Å². The minimum atomic E-state index is 0.211. The smallest absolute Gasteiger partial charge is 0.0465 e. The molecule has 0 fully saturated rings. The zero-order valence-corrected chi connectivity index (χ0v) is 11.0. The van der Waals surface area contributed by atoms with Crippen LogP contribution in [0, 0.1) is 5.92 Å². The molecule has 1 aromatic carbocycles. The summed E-state index contributed by atoms with van der Waals surface area (Å²) in [7, 11) is 0. The second-order valence-electron chi connectivity index (χ2n) is 4.22. The molecule has 0 aliphatic rings. The number of aliphatic hydroxyl groups is 1. The van der Waals surface area contributed by atoms with Crippen LogP contribution in [0.4, 0.5) is 0 Å². The Labute approximate surface area is 111 Å². The van der Waals surface area contributed by atoms with Crippen LogP contribution in [0.3, 0.4) is 0 Å². The zero-order chi connectivity index (χ0) is 12.1. The molecule has 1 heterocycles. The van der Waals surface area contributed by atoms with Gasteiger partial charge in [-0.3, -0.25) is 0 Å². The number of hydrogen-bond donors (Lipinski definition) is 1. The third kappa shape index (κ3) is 3.84. The second-order valence-corrected chi connectivity index (χ2v) is 5.43. The minimum absolute atomic E-state index is 0.211. The Kier molecular flexibility index (Phi) is 4.60. The lowest BCUT2D eigenvalue weighted by molar-refractivity contribution is 0.225. The first kappa shape index (κ1) is 12.6. The topological polar surface area (TPSA) is 20.2 Å². The van der Waals surface area contributed by atoms with Crippen molar-refractivity contribution >= 4 is 22.9 Å². The van der Waals surface area contributed by atoms with Crippen LogP contribution < -0.4 is 0 Å². The van der Waals surface area contributed by atoms with E-state index in [1.807, 2.05) is 18.2 Å². The number of rotatable bonds is 5. The molecule has 2 rings (SSSR count). The standard InChI is InChI=1S/C14H15ClOS/c15-14-3-1-2-11(8-14)6-13(9-16)7-12-4-5-17-10-12/h1-5,8,10,13,16H,6-7,9H2. The molecule has 0 saturated heterocycles. The van der Waals surface area contributed by atoms with Gasteiger partial charge in [-0.1, -0.05) is 23.7 Å². The molecular weight excluding hydrogens is 252 g/mol. The van der Waals surface area contributed by atoms with Gasteiger partial charge in [-0.2, -0.15) is 11.3 Å². The molecule has 0 spiro atoms. The Bertz CT molecular complexity index is 453. The van der Waals surface area contributed by atoms with E-state index in [0.717, 1.165) is 17.9 Å². The van der Waals surface area contributed by atoms with Crippen molar-refractivity contribution in [1.29, 1.82) is 0 Å². The van der Waals surface area contributed by atoms with Crippen molar-refractivity contribution in [2.75, 3.05) is 6.61 Å². The summed E-state index contributed by atoms with van der Waals surface area (Å²) >= 11 is 7.65. The zero-order valence-electron chi connectivity index (χ0n) is 9.47. The molecule has 1 nitrogen and oxygen atoms in total. The van der Waals surface area contributed by atoms with Gasteiger partial charge in [0.1, 0.15) is 0 Å². The molecule has 1 unspecified atom stereocenters. The van der Waals surface area contributed by atoms with Gasteiger partial charge in [-0.15, -0.1) is 0 Å². The van der Waals surface area contributed by atoms with E-state index >= 15 is 0 Å². The lowest BCUT2D eigenvalue weighted by atomic mass is 9.94. The molecule has 0 bridgehead atoms. The van der Waals surface area contributed by atoms with Crippen molar-refractivity contribution in [3.8, 4) is 0 Å². The third-order valence-corrected chi connectivity index (χ3v) is 3.74. The molecule has 1 atom stereocenters. The fourth-order valence-corrected chi connectivity index (χ4v) is 2.84. The Hall–Kier alpha value is -0.830. The molecule has 17 heavy (non-hydrogen) atoms. The number of hydrogen-bond acceptors (Lipinski definition) is 2. The first-order chi connectivity index (χ1) is 8.28. The predicted molar refractivity (Wildman–Crippen MR) is 73.8 cm³/mol. The summed E-state index contributed by atoms with van der Waals surface area (Å²) in [6, 6.07) is 9.97. The highest BCUT2D eigenvalue weighted by Crippen LogP contribution is 2.18. The van der Waals surface area contributed by atoms with Crippen LogP contribution in [0.15, 0.2) is 41.1 Å². The van der Waals surface area contributed by atoms with Crippen molar-refractivity contribution in [3.63, 3.8) is 0 Å². The second kappa shape index (κ2) is 6.20. The summed E-state index contributed by atoms with van der Waals surface area (Å²) in [5.74, 6) is 0.267. The van der Waals surface area contributed by atoms with Crippen molar-refractivity contribution in [2.45, 2.75) is 12.8 Å². The van der Waals surface area contributed by atoms with Gasteiger partial charge in [0.2, 0.25) is 0 Å². The van der Waals surface area contributed by atoms with Gasteiger partial charge < -0.3 is 5.11 Å². The minimum Gasteiger partial charge on any atom is -0.396 e. The van der Waals surface area contributed by atoms with Crippen LogP contribution in [0.2, 0.25) is 5.02 Å². The maximum absolute atomic E-state index is 9.43. The summed E-state index contributed by atoms with van der Waals surface area (Å²) in [4.78, 5) is 0. The molecule has 0 aliphatic heterocycles. The molecule has 0 aliphatic carbocycles. The average Bonchev–Trinajstić information content (AvgIpc) is 2.81. The molecule has 0 radical (unpaired) electrons. The van der Waals surface area contributed by atoms with E-state index in [2.05, 4.69) is 22.9 Å². The molecule has 90 valence electrons. The van der Waals surface area contributed by atoms with Gasteiger partial charge in [0.25, 0.3) is 0 Å². The summed E-state index contributed by atoms with van der Waals surface area (Å²) in [6.45, 7) is 0.211. The summed E-state index contributed by atoms with van der Waals surface area (Å²) < 4.78 is 0. The van der Waals surface area contributed by atoms with Crippen LogP contribution in [0.5, 0.6) is 0 Å². The van der Waals surface area contributed by atoms with Gasteiger partial charge >= 0.3 is 0 Å². The summed E-state index contributed by atoms with van der Waals surface area (Å²) in [5, 5.41) is 14.4. The largest absolute Gasteiger partial charge is 0.396 e. The highest BCUT2D eigenvalue weighted by Gasteiger charge is 2.10. The maximum Gasteiger partial charge on any atom is 0.0465 e. The van der Waals surface area contributed by atoms with Crippen LogP contribution >= 0.6 is 22.9 Å². The van der Waals surface area contributed by atoms with Gasteiger partial charge in [-0.05, 0) is 58.8 Å². The van der Waals surface area contributed by atoms with Crippen LogP contribution in [0.25, 0.3) is 0 Å². The van der Waals surface area contributed by atoms with E-state index in [1.165, 1.54) is 11.1 Å². The van der Waals surface area contributed by atoms with Crippen molar-refractivity contribution in [2.24, 2.45) is 5.92 Å². The predicted octanol–water partition coefficient (Wildman–Crippen LogP) is 3.80. The number of aliphatic hydroxyl groups excluding tert-OH is 1. The first-order valence-electron chi connectivity index (χ1n) is 5.64. The number of thiophene rings is 1. The Morgan fingerprint density at radius 2 is 2.00 bits per heavy atom. The quantitative estimate of drug-likeness (QED) is 0.873. The van der Waals surface area contributed by atoms with Gasteiger partial charge in [0, 0.05) is 11.6 Å².